The molecule has 0 radical (unpaired) electrons. The van der Waals surface area contributed by atoms with E-state index in [1.54, 1.807) is 6.08 Å². The molecule has 0 N–H and O–H groups in total. The van der Waals surface area contributed by atoms with Gasteiger partial charge in [0.1, 0.15) is 5.75 Å². The fourth-order valence-corrected chi connectivity index (χ4v) is 4.32. The molecule has 1 atom stereocenters. The van der Waals surface area contributed by atoms with Crippen molar-refractivity contribution in [2.75, 3.05) is 11.9 Å². The van der Waals surface area contributed by atoms with Crippen LogP contribution in [-0.4, -0.2) is 12.8 Å². The number of nitrogens with zero attached hydrogens (tertiary/aromatic N) is 1. The van der Waals surface area contributed by atoms with Gasteiger partial charge >= 0.3 is 6.18 Å². The maximum absolute atomic E-state index is 13.0. The van der Waals surface area contributed by atoms with Gasteiger partial charge in [0, 0.05) is 22.8 Å². The summed E-state index contributed by atoms with van der Waals surface area (Å²) in [4.78, 5) is 2.05. The average molecular weight is 424 g/mol. The van der Waals surface area contributed by atoms with Crippen molar-refractivity contribution in [2.45, 2.75) is 31.2 Å². The highest BCUT2D eigenvalue weighted by atomic mass is 79.9. The molecule has 4 rings (SSSR count). The van der Waals surface area contributed by atoms with Crippen LogP contribution in [0.15, 0.2) is 46.9 Å². The van der Waals surface area contributed by atoms with Gasteiger partial charge in [0.25, 0.3) is 0 Å². The summed E-state index contributed by atoms with van der Waals surface area (Å²) in [5, 5.41) is 0. The van der Waals surface area contributed by atoms with Gasteiger partial charge in [0.05, 0.1) is 11.0 Å². The van der Waals surface area contributed by atoms with Crippen LogP contribution in [0.1, 0.15) is 30.5 Å². The Morgan fingerprint density at radius 1 is 1.08 bits per heavy atom. The Kier molecular flexibility index (Phi) is 3.55. The number of rotatable bonds is 0. The third-order valence-corrected chi connectivity index (χ3v) is 5.97. The first-order chi connectivity index (χ1) is 12.1. The van der Waals surface area contributed by atoms with Gasteiger partial charge in [-0.1, -0.05) is 15.9 Å². The van der Waals surface area contributed by atoms with E-state index in [0.717, 1.165) is 27.9 Å². The zero-order valence-electron chi connectivity index (χ0n) is 14.5. The van der Waals surface area contributed by atoms with Gasteiger partial charge in [-0.3, -0.25) is 0 Å². The minimum atomic E-state index is -4.37. The van der Waals surface area contributed by atoms with Gasteiger partial charge in [-0.25, -0.2) is 0 Å². The van der Waals surface area contributed by atoms with Crippen LogP contribution < -0.4 is 9.64 Å². The Morgan fingerprint density at radius 3 is 2.50 bits per heavy atom. The Labute approximate surface area is 158 Å². The fourth-order valence-electron chi connectivity index (χ4n) is 3.96. The number of ether oxygens (including phenoxy) is 1. The van der Waals surface area contributed by atoms with Crippen molar-refractivity contribution < 1.29 is 17.9 Å². The standard InChI is InChI=1S/C20H17BrF3NO/c1-18(2)15-11-14(21)5-6-16(15)25(3)19(18)9-8-12-10-13(20(22,23)24)4-7-17(12)26-19/h4-11H,1-3H3. The van der Waals surface area contributed by atoms with Crippen molar-refractivity contribution in [2.24, 2.45) is 0 Å². The van der Waals surface area contributed by atoms with Gasteiger partial charge in [-0.15, -0.1) is 0 Å². The number of fused-ring (bicyclic) bond motifs is 2. The minimum absolute atomic E-state index is 0.405. The van der Waals surface area contributed by atoms with Crippen molar-refractivity contribution in [1.29, 1.82) is 0 Å². The van der Waals surface area contributed by atoms with E-state index in [2.05, 4.69) is 35.8 Å². The smallest absolute Gasteiger partial charge is 0.416 e. The highest BCUT2D eigenvalue weighted by Crippen LogP contribution is 2.54. The van der Waals surface area contributed by atoms with Gasteiger partial charge in [-0.05, 0) is 68.0 Å². The van der Waals surface area contributed by atoms with Gasteiger partial charge in [-0.2, -0.15) is 13.2 Å². The largest absolute Gasteiger partial charge is 0.463 e. The molecule has 2 aromatic carbocycles. The van der Waals surface area contributed by atoms with Gasteiger partial charge in [0.2, 0.25) is 5.72 Å². The number of anilines is 1. The monoisotopic (exact) mass is 423 g/mol. The van der Waals surface area contributed by atoms with Crippen molar-refractivity contribution >= 4 is 27.7 Å². The van der Waals surface area contributed by atoms with E-state index in [9.17, 15) is 13.2 Å². The zero-order valence-corrected chi connectivity index (χ0v) is 16.1. The molecule has 2 aliphatic heterocycles. The predicted octanol–water partition coefficient (Wildman–Crippen LogP) is 6.00. The molecule has 1 spiro atoms. The van der Waals surface area contributed by atoms with Crippen molar-refractivity contribution in [3.05, 3.63) is 63.6 Å². The SMILES string of the molecule is CN1c2ccc(Br)cc2C(C)(C)C12C=Cc1cc(C(F)(F)F)ccc1O2. The van der Waals surface area contributed by atoms with Crippen LogP contribution in [0.4, 0.5) is 18.9 Å². The molecule has 0 aromatic heterocycles. The third-order valence-electron chi connectivity index (χ3n) is 5.48. The molecule has 0 amide bonds. The summed E-state index contributed by atoms with van der Waals surface area (Å²) in [5.41, 5.74) is 0.715. The molecule has 0 bridgehead atoms. The highest BCUT2D eigenvalue weighted by molar-refractivity contribution is 9.10. The summed E-state index contributed by atoms with van der Waals surface area (Å²) in [6.07, 6.45) is -0.777. The molecule has 26 heavy (non-hydrogen) atoms. The molecule has 0 saturated carbocycles. The lowest BCUT2D eigenvalue weighted by Gasteiger charge is -2.45. The number of likely N-dealkylation sites (N-methyl/N-ethyl adjacent to an activating group) is 1. The van der Waals surface area contributed by atoms with E-state index in [1.807, 2.05) is 30.2 Å². The molecule has 2 nitrogen and oxygen atoms in total. The normalized spacial score (nSPS) is 23.0. The van der Waals surface area contributed by atoms with Crippen molar-refractivity contribution in [1.82, 2.24) is 0 Å². The van der Waals surface area contributed by atoms with E-state index in [1.165, 1.54) is 6.07 Å². The summed E-state index contributed by atoms with van der Waals surface area (Å²) in [5.74, 6) is 0.451. The van der Waals surface area contributed by atoms with Crippen LogP contribution in [0.2, 0.25) is 0 Å². The summed E-state index contributed by atoms with van der Waals surface area (Å²) >= 11 is 3.52. The number of alkyl halides is 3. The van der Waals surface area contributed by atoms with Crippen molar-refractivity contribution in [3.63, 3.8) is 0 Å². The average Bonchev–Trinajstić information content (AvgIpc) is 2.72. The Bertz CT molecular complexity index is 935. The number of halogens is 4. The molecule has 2 aromatic rings. The Balaban J connectivity index is 1.82. The fraction of sp³-hybridized carbons (Fsp3) is 0.300. The second-order valence-corrected chi connectivity index (χ2v) is 8.14. The van der Waals surface area contributed by atoms with E-state index < -0.39 is 22.9 Å². The summed E-state index contributed by atoms with van der Waals surface area (Å²) in [7, 11) is 1.95. The first-order valence-electron chi connectivity index (χ1n) is 8.20. The summed E-state index contributed by atoms with van der Waals surface area (Å²) in [6, 6.07) is 9.67. The molecule has 0 fully saturated rings. The lowest BCUT2D eigenvalue weighted by atomic mass is 9.76. The van der Waals surface area contributed by atoms with E-state index in [4.69, 9.17) is 4.74 Å². The molecular weight excluding hydrogens is 407 g/mol. The van der Waals surface area contributed by atoms with E-state index in [0.29, 0.717) is 11.3 Å². The number of hydrogen-bond donors (Lipinski definition) is 0. The van der Waals surface area contributed by atoms with Crippen molar-refractivity contribution in [3.8, 4) is 5.75 Å². The molecular formula is C20H17BrF3NO. The molecule has 0 aliphatic carbocycles. The Hall–Kier alpha value is -1.95. The van der Waals surface area contributed by atoms with Crippen LogP contribution in [0.3, 0.4) is 0 Å². The van der Waals surface area contributed by atoms with Crippen LogP contribution in [0, 0.1) is 0 Å². The van der Waals surface area contributed by atoms with Gasteiger partial charge in [0.15, 0.2) is 0 Å². The first kappa shape index (κ1) is 17.5. The molecule has 1 unspecified atom stereocenters. The van der Waals surface area contributed by atoms with Crippen LogP contribution in [-0.2, 0) is 11.6 Å². The third kappa shape index (κ3) is 2.24. The first-order valence-corrected chi connectivity index (χ1v) is 8.99. The van der Waals surface area contributed by atoms with Crippen LogP contribution in [0.5, 0.6) is 5.75 Å². The van der Waals surface area contributed by atoms with E-state index >= 15 is 0 Å². The van der Waals surface area contributed by atoms with Gasteiger partial charge < -0.3 is 9.64 Å². The zero-order chi connectivity index (χ0) is 18.9. The number of benzene rings is 2. The van der Waals surface area contributed by atoms with Crippen LogP contribution >= 0.6 is 15.9 Å². The quantitative estimate of drug-likeness (QED) is 0.515. The predicted molar refractivity (Wildman–Crippen MR) is 99.4 cm³/mol. The lowest BCUT2D eigenvalue weighted by Crippen LogP contribution is -2.58. The highest BCUT2D eigenvalue weighted by Gasteiger charge is 2.57. The van der Waals surface area contributed by atoms with E-state index in [-0.39, 0.29) is 0 Å². The second kappa shape index (κ2) is 5.28. The number of hydrogen-bond acceptors (Lipinski definition) is 2. The molecule has 6 heteroatoms. The van der Waals surface area contributed by atoms with Crippen LogP contribution in [0.25, 0.3) is 6.08 Å². The second-order valence-electron chi connectivity index (χ2n) is 7.23. The molecule has 136 valence electrons. The molecule has 2 heterocycles. The minimum Gasteiger partial charge on any atom is -0.463 e. The maximum atomic E-state index is 13.0. The topological polar surface area (TPSA) is 12.5 Å². The Morgan fingerprint density at radius 2 is 1.81 bits per heavy atom. The molecule has 0 saturated heterocycles. The summed E-state index contributed by atoms with van der Waals surface area (Å²) in [6.45, 7) is 4.17. The summed E-state index contributed by atoms with van der Waals surface area (Å²) < 4.78 is 46.3. The molecule has 2 aliphatic rings. The maximum Gasteiger partial charge on any atom is 0.416 e. The lowest BCUT2D eigenvalue weighted by molar-refractivity contribution is -0.137.